The number of rotatable bonds is 1. The second kappa shape index (κ2) is 4.33. The molecule has 1 aromatic rings. The molecule has 1 saturated heterocycles. The molecule has 0 aliphatic carbocycles. The Balaban J connectivity index is 2.18. The van der Waals surface area contributed by atoms with E-state index in [1.54, 1.807) is 17.9 Å². The third-order valence-electron chi connectivity index (χ3n) is 3.29. The lowest BCUT2D eigenvalue weighted by Crippen LogP contribution is -2.47. The van der Waals surface area contributed by atoms with Gasteiger partial charge < -0.3 is 0 Å². The third kappa shape index (κ3) is 2.46. The minimum Gasteiger partial charge on any atom is -0.298 e. The maximum Gasteiger partial charge on any atom is 0.403 e. The van der Waals surface area contributed by atoms with Crippen LogP contribution >= 0.6 is 0 Å². The molecule has 1 aliphatic heterocycles. The first-order valence-electron chi connectivity index (χ1n) is 5.71. The molecule has 1 aliphatic rings. The Labute approximate surface area is 98.0 Å². The molecule has 2 heterocycles. The van der Waals surface area contributed by atoms with E-state index in [4.69, 9.17) is 0 Å². The van der Waals surface area contributed by atoms with Crippen LogP contribution in [0, 0.1) is 6.92 Å². The molecular formula is C11H16F3N3. The summed E-state index contributed by atoms with van der Waals surface area (Å²) in [5, 5.41) is 6.77. The summed E-state index contributed by atoms with van der Waals surface area (Å²) in [6.45, 7) is 1.88. The third-order valence-corrected chi connectivity index (χ3v) is 3.29. The topological polar surface area (TPSA) is 29.9 Å². The van der Waals surface area contributed by atoms with E-state index in [0.29, 0.717) is 6.42 Å². The number of alkyl halides is 3. The summed E-state index contributed by atoms with van der Waals surface area (Å²) >= 11 is 0. The lowest BCUT2D eigenvalue weighted by atomic mass is 9.95. The zero-order valence-electron chi connectivity index (χ0n) is 9.88. The molecule has 0 spiro atoms. The van der Waals surface area contributed by atoms with Crippen molar-refractivity contribution in [3.63, 3.8) is 0 Å². The van der Waals surface area contributed by atoms with Gasteiger partial charge in [0.1, 0.15) is 6.04 Å². The van der Waals surface area contributed by atoms with Gasteiger partial charge in [-0.05, 0) is 31.7 Å². The monoisotopic (exact) mass is 247 g/mol. The quantitative estimate of drug-likeness (QED) is 0.826. The summed E-state index contributed by atoms with van der Waals surface area (Å²) in [6.07, 6.45) is -0.990. The summed E-state index contributed by atoms with van der Waals surface area (Å²) in [5.41, 5.74) is 1.80. The van der Waals surface area contributed by atoms with E-state index >= 15 is 0 Å². The highest BCUT2D eigenvalue weighted by Gasteiger charge is 2.42. The van der Waals surface area contributed by atoms with E-state index in [9.17, 15) is 13.2 Å². The van der Waals surface area contributed by atoms with Gasteiger partial charge in [-0.3, -0.25) is 10.00 Å². The van der Waals surface area contributed by atoms with Gasteiger partial charge in [-0.25, -0.2) is 0 Å². The lowest BCUT2D eigenvalue weighted by molar-refractivity contribution is -0.163. The fourth-order valence-electron chi connectivity index (χ4n) is 2.47. The predicted octanol–water partition coefficient (Wildman–Crippen LogP) is 2.47. The van der Waals surface area contributed by atoms with Crippen LogP contribution in [0.4, 0.5) is 13.2 Å². The van der Waals surface area contributed by atoms with Crippen LogP contribution in [-0.2, 0) is 7.05 Å². The Hall–Kier alpha value is -1.04. The molecule has 2 unspecified atom stereocenters. The molecule has 2 atom stereocenters. The van der Waals surface area contributed by atoms with Crippen LogP contribution in [0.3, 0.4) is 0 Å². The fraction of sp³-hybridized carbons (Fsp3) is 0.727. The molecule has 0 bridgehead atoms. The minimum atomic E-state index is -4.16. The maximum atomic E-state index is 12.7. The maximum absolute atomic E-state index is 12.7. The van der Waals surface area contributed by atoms with Crippen molar-refractivity contribution in [3.05, 3.63) is 17.5 Å². The number of halogens is 3. The second-order valence-corrected chi connectivity index (χ2v) is 4.58. The zero-order chi connectivity index (χ0) is 12.6. The standard InChI is InChI=1S/C11H16F3N3/c1-7-6-15-17(2)10(7)8-4-3-5-9(16-8)11(12,13)14/h6,8-9,16H,3-5H2,1-2H3. The van der Waals surface area contributed by atoms with Crippen molar-refractivity contribution in [2.24, 2.45) is 7.05 Å². The summed E-state index contributed by atoms with van der Waals surface area (Å²) in [7, 11) is 1.77. The van der Waals surface area contributed by atoms with Gasteiger partial charge in [0.2, 0.25) is 0 Å². The minimum absolute atomic E-state index is 0.164. The van der Waals surface area contributed by atoms with Gasteiger partial charge in [0.05, 0.1) is 11.9 Å². The summed E-state index contributed by atoms with van der Waals surface area (Å²) < 4.78 is 39.7. The van der Waals surface area contributed by atoms with E-state index in [1.807, 2.05) is 6.92 Å². The van der Waals surface area contributed by atoms with Crippen LogP contribution in [0.25, 0.3) is 0 Å². The lowest BCUT2D eigenvalue weighted by Gasteiger charge is -2.32. The number of hydrogen-bond acceptors (Lipinski definition) is 2. The number of hydrogen-bond donors (Lipinski definition) is 1. The first-order chi connectivity index (χ1) is 7.89. The largest absolute Gasteiger partial charge is 0.403 e. The Morgan fingerprint density at radius 2 is 2.12 bits per heavy atom. The van der Waals surface area contributed by atoms with E-state index in [-0.39, 0.29) is 12.5 Å². The highest BCUT2D eigenvalue weighted by atomic mass is 19.4. The van der Waals surface area contributed by atoms with Crippen LogP contribution in [-0.4, -0.2) is 22.0 Å². The van der Waals surface area contributed by atoms with Gasteiger partial charge in [-0.2, -0.15) is 18.3 Å². The van der Waals surface area contributed by atoms with Crippen molar-refractivity contribution in [3.8, 4) is 0 Å². The Morgan fingerprint density at radius 1 is 1.41 bits per heavy atom. The second-order valence-electron chi connectivity index (χ2n) is 4.58. The van der Waals surface area contributed by atoms with Crippen LogP contribution < -0.4 is 5.32 Å². The van der Waals surface area contributed by atoms with E-state index in [0.717, 1.165) is 17.7 Å². The van der Waals surface area contributed by atoms with Crippen molar-refractivity contribution >= 4 is 0 Å². The Morgan fingerprint density at radius 3 is 2.65 bits per heavy atom. The normalized spacial score (nSPS) is 26.2. The van der Waals surface area contributed by atoms with Crippen molar-refractivity contribution in [1.29, 1.82) is 0 Å². The van der Waals surface area contributed by atoms with Crippen molar-refractivity contribution in [2.45, 2.75) is 44.4 Å². The molecule has 0 aromatic carbocycles. The van der Waals surface area contributed by atoms with Gasteiger partial charge in [-0.15, -0.1) is 0 Å². The Kier molecular flexibility index (Phi) is 3.16. The summed E-state index contributed by atoms with van der Waals surface area (Å²) in [4.78, 5) is 0. The van der Waals surface area contributed by atoms with Crippen molar-refractivity contribution < 1.29 is 13.2 Å². The highest BCUT2D eigenvalue weighted by molar-refractivity contribution is 5.20. The van der Waals surface area contributed by atoms with Gasteiger partial charge in [0, 0.05) is 13.1 Å². The van der Waals surface area contributed by atoms with Gasteiger partial charge in [-0.1, -0.05) is 0 Å². The molecule has 6 heteroatoms. The number of nitrogens with zero attached hydrogens (tertiary/aromatic N) is 2. The van der Waals surface area contributed by atoms with Gasteiger partial charge in [0.25, 0.3) is 0 Å². The first kappa shape index (κ1) is 12.4. The molecule has 0 radical (unpaired) electrons. The van der Waals surface area contributed by atoms with E-state index in [2.05, 4.69) is 10.4 Å². The van der Waals surface area contributed by atoms with Crippen LogP contribution in [0.1, 0.15) is 36.6 Å². The number of aromatic nitrogens is 2. The molecule has 0 saturated carbocycles. The number of piperidine rings is 1. The average molecular weight is 247 g/mol. The predicted molar refractivity (Wildman–Crippen MR) is 57.5 cm³/mol. The van der Waals surface area contributed by atoms with Crippen molar-refractivity contribution in [1.82, 2.24) is 15.1 Å². The fourth-order valence-corrected chi connectivity index (χ4v) is 2.47. The number of nitrogens with one attached hydrogen (secondary N) is 1. The molecule has 1 aromatic heterocycles. The average Bonchev–Trinajstić information content (AvgIpc) is 2.57. The van der Waals surface area contributed by atoms with Crippen LogP contribution in [0.15, 0.2) is 6.20 Å². The van der Waals surface area contributed by atoms with Gasteiger partial charge >= 0.3 is 6.18 Å². The smallest absolute Gasteiger partial charge is 0.298 e. The molecule has 1 N–H and O–H groups in total. The summed E-state index contributed by atoms with van der Waals surface area (Å²) in [5.74, 6) is 0. The molecule has 17 heavy (non-hydrogen) atoms. The van der Waals surface area contributed by atoms with E-state index in [1.165, 1.54) is 0 Å². The zero-order valence-corrected chi connectivity index (χ0v) is 9.88. The highest BCUT2D eigenvalue weighted by Crippen LogP contribution is 2.33. The van der Waals surface area contributed by atoms with E-state index < -0.39 is 12.2 Å². The molecule has 0 amide bonds. The molecular weight excluding hydrogens is 231 g/mol. The molecule has 1 fully saturated rings. The Bertz CT molecular complexity index is 378. The summed E-state index contributed by atoms with van der Waals surface area (Å²) in [6, 6.07) is -1.64. The van der Waals surface area contributed by atoms with Gasteiger partial charge in [0.15, 0.2) is 0 Å². The molecule has 2 rings (SSSR count). The van der Waals surface area contributed by atoms with Crippen molar-refractivity contribution in [2.75, 3.05) is 0 Å². The van der Waals surface area contributed by atoms with Crippen LogP contribution in [0.2, 0.25) is 0 Å². The van der Waals surface area contributed by atoms with Crippen LogP contribution in [0.5, 0.6) is 0 Å². The molecule has 96 valence electrons. The molecule has 3 nitrogen and oxygen atoms in total. The first-order valence-corrected chi connectivity index (χ1v) is 5.71. The SMILES string of the molecule is Cc1cnn(C)c1C1CCCC(C(F)(F)F)N1. The number of aryl methyl sites for hydroxylation is 2.